The SMILES string of the molecule is CCN(CC(C)C)c1ccc(C)cc1N. The molecule has 0 aliphatic rings. The van der Waals surface area contributed by atoms with Gasteiger partial charge in [-0.25, -0.2) is 0 Å². The van der Waals surface area contributed by atoms with Crippen LogP contribution < -0.4 is 10.6 Å². The molecule has 0 saturated carbocycles. The van der Waals surface area contributed by atoms with Crippen LogP contribution in [0.25, 0.3) is 0 Å². The molecule has 15 heavy (non-hydrogen) atoms. The first-order valence-corrected chi connectivity index (χ1v) is 5.65. The molecule has 84 valence electrons. The summed E-state index contributed by atoms with van der Waals surface area (Å²) in [6.07, 6.45) is 0. The van der Waals surface area contributed by atoms with Gasteiger partial charge in [0, 0.05) is 13.1 Å². The second-order valence-electron chi connectivity index (χ2n) is 4.49. The summed E-state index contributed by atoms with van der Waals surface area (Å²) in [6.45, 7) is 10.8. The normalized spacial score (nSPS) is 10.7. The zero-order valence-electron chi connectivity index (χ0n) is 10.2. The predicted molar refractivity (Wildman–Crippen MR) is 68.3 cm³/mol. The summed E-state index contributed by atoms with van der Waals surface area (Å²) < 4.78 is 0. The lowest BCUT2D eigenvalue weighted by molar-refractivity contribution is 0.619. The number of rotatable bonds is 4. The summed E-state index contributed by atoms with van der Waals surface area (Å²) in [5.41, 5.74) is 9.30. The van der Waals surface area contributed by atoms with Gasteiger partial charge in [-0.3, -0.25) is 0 Å². The van der Waals surface area contributed by atoms with Gasteiger partial charge in [0.2, 0.25) is 0 Å². The van der Waals surface area contributed by atoms with E-state index in [1.807, 2.05) is 6.07 Å². The Kier molecular flexibility index (Phi) is 4.01. The lowest BCUT2D eigenvalue weighted by Crippen LogP contribution is -2.27. The first-order valence-electron chi connectivity index (χ1n) is 5.65. The van der Waals surface area contributed by atoms with Crippen molar-refractivity contribution in [3.8, 4) is 0 Å². The van der Waals surface area contributed by atoms with Gasteiger partial charge in [-0.2, -0.15) is 0 Å². The van der Waals surface area contributed by atoms with E-state index in [1.54, 1.807) is 0 Å². The van der Waals surface area contributed by atoms with E-state index in [0.717, 1.165) is 24.5 Å². The van der Waals surface area contributed by atoms with Crippen LogP contribution in [0, 0.1) is 12.8 Å². The van der Waals surface area contributed by atoms with E-state index in [4.69, 9.17) is 5.73 Å². The van der Waals surface area contributed by atoms with Crippen molar-refractivity contribution in [3.05, 3.63) is 23.8 Å². The van der Waals surface area contributed by atoms with Gasteiger partial charge in [0.25, 0.3) is 0 Å². The lowest BCUT2D eigenvalue weighted by Gasteiger charge is -2.26. The van der Waals surface area contributed by atoms with Gasteiger partial charge in [-0.05, 0) is 37.5 Å². The molecule has 0 aromatic heterocycles. The van der Waals surface area contributed by atoms with Gasteiger partial charge in [0.05, 0.1) is 11.4 Å². The fourth-order valence-corrected chi connectivity index (χ4v) is 1.80. The number of hydrogen-bond acceptors (Lipinski definition) is 2. The summed E-state index contributed by atoms with van der Waals surface area (Å²) in [6, 6.07) is 6.28. The van der Waals surface area contributed by atoms with E-state index < -0.39 is 0 Å². The Hall–Kier alpha value is -1.18. The van der Waals surface area contributed by atoms with E-state index in [-0.39, 0.29) is 0 Å². The van der Waals surface area contributed by atoms with E-state index in [2.05, 4.69) is 44.7 Å². The zero-order valence-corrected chi connectivity index (χ0v) is 10.2. The maximum atomic E-state index is 6.03. The maximum Gasteiger partial charge on any atom is 0.0600 e. The molecule has 0 bridgehead atoms. The van der Waals surface area contributed by atoms with Crippen molar-refractivity contribution in [2.24, 2.45) is 5.92 Å². The monoisotopic (exact) mass is 206 g/mol. The molecule has 0 saturated heterocycles. The highest BCUT2D eigenvalue weighted by Crippen LogP contribution is 2.24. The van der Waals surface area contributed by atoms with Crippen LogP contribution in [0.4, 0.5) is 11.4 Å². The van der Waals surface area contributed by atoms with Crippen molar-refractivity contribution >= 4 is 11.4 Å². The standard InChI is InChI=1S/C13H22N2/c1-5-15(9-10(2)3)13-7-6-11(4)8-12(13)14/h6-8,10H,5,9,14H2,1-4H3. The Labute approximate surface area is 93.1 Å². The van der Waals surface area contributed by atoms with Crippen molar-refractivity contribution in [2.75, 3.05) is 23.7 Å². The average molecular weight is 206 g/mol. The quantitative estimate of drug-likeness (QED) is 0.767. The number of aryl methyl sites for hydroxylation is 1. The second-order valence-corrected chi connectivity index (χ2v) is 4.49. The van der Waals surface area contributed by atoms with E-state index in [1.165, 1.54) is 5.56 Å². The maximum absolute atomic E-state index is 6.03. The number of nitrogen functional groups attached to an aromatic ring is 1. The molecule has 0 spiro atoms. The summed E-state index contributed by atoms with van der Waals surface area (Å²) in [5, 5.41) is 0. The molecule has 1 rings (SSSR count). The van der Waals surface area contributed by atoms with Crippen LogP contribution in [0.2, 0.25) is 0 Å². The Morgan fingerprint density at radius 1 is 1.33 bits per heavy atom. The molecule has 1 aromatic rings. The van der Waals surface area contributed by atoms with Crippen LogP contribution in [-0.4, -0.2) is 13.1 Å². The minimum Gasteiger partial charge on any atom is -0.397 e. The third-order valence-electron chi connectivity index (χ3n) is 2.49. The van der Waals surface area contributed by atoms with Gasteiger partial charge in [-0.1, -0.05) is 19.9 Å². The van der Waals surface area contributed by atoms with Gasteiger partial charge < -0.3 is 10.6 Å². The van der Waals surface area contributed by atoms with E-state index in [9.17, 15) is 0 Å². The number of hydrogen-bond donors (Lipinski definition) is 1. The van der Waals surface area contributed by atoms with Gasteiger partial charge in [-0.15, -0.1) is 0 Å². The van der Waals surface area contributed by atoms with Gasteiger partial charge in [0.15, 0.2) is 0 Å². The minimum absolute atomic E-state index is 0.658. The fourth-order valence-electron chi connectivity index (χ4n) is 1.80. The Balaban J connectivity index is 2.91. The van der Waals surface area contributed by atoms with Crippen molar-refractivity contribution < 1.29 is 0 Å². The van der Waals surface area contributed by atoms with Gasteiger partial charge in [0.1, 0.15) is 0 Å². The molecule has 2 nitrogen and oxygen atoms in total. The molecule has 0 aliphatic carbocycles. The fraction of sp³-hybridized carbons (Fsp3) is 0.538. The third kappa shape index (κ3) is 3.15. The number of benzene rings is 1. The third-order valence-corrected chi connectivity index (χ3v) is 2.49. The highest BCUT2D eigenvalue weighted by atomic mass is 15.1. The van der Waals surface area contributed by atoms with Crippen LogP contribution in [0.15, 0.2) is 18.2 Å². The Morgan fingerprint density at radius 2 is 2.00 bits per heavy atom. The lowest BCUT2D eigenvalue weighted by atomic mass is 10.1. The van der Waals surface area contributed by atoms with E-state index >= 15 is 0 Å². The number of nitrogens with two attached hydrogens (primary N) is 1. The Bertz CT molecular complexity index is 318. The first-order chi connectivity index (χ1) is 7.04. The molecule has 0 aliphatic heterocycles. The molecule has 0 atom stereocenters. The summed E-state index contributed by atoms with van der Waals surface area (Å²) >= 11 is 0. The topological polar surface area (TPSA) is 29.3 Å². The smallest absolute Gasteiger partial charge is 0.0600 e. The van der Waals surface area contributed by atoms with Crippen LogP contribution in [0.3, 0.4) is 0 Å². The zero-order chi connectivity index (χ0) is 11.4. The minimum atomic E-state index is 0.658. The molecule has 0 fully saturated rings. The first kappa shape index (κ1) is 11.9. The molecular weight excluding hydrogens is 184 g/mol. The van der Waals surface area contributed by atoms with Crippen LogP contribution in [-0.2, 0) is 0 Å². The average Bonchev–Trinajstić information content (AvgIpc) is 2.14. The molecular formula is C13H22N2. The summed E-state index contributed by atoms with van der Waals surface area (Å²) in [7, 11) is 0. The molecule has 1 aromatic carbocycles. The molecule has 0 unspecified atom stereocenters. The van der Waals surface area contributed by atoms with Crippen LogP contribution >= 0.6 is 0 Å². The summed E-state index contributed by atoms with van der Waals surface area (Å²) in [5.74, 6) is 0.658. The van der Waals surface area contributed by atoms with Crippen molar-refractivity contribution in [1.29, 1.82) is 0 Å². The van der Waals surface area contributed by atoms with Crippen molar-refractivity contribution in [2.45, 2.75) is 27.7 Å². The van der Waals surface area contributed by atoms with Gasteiger partial charge >= 0.3 is 0 Å². The second kappa shape index (κ2) is 5.06. The van der Waals surface area contributed by atoms with Crippen LogP contribution in [0.1, 0.15) is 26.3 Å². The highest BCUT2D eigenvalue weighted by Gasteiger charge is 2.09. The molecule has 0 heterocycles. The molecule has 0 radical (unpaired) electrons. The molecule has 0 amide bonds. The number of anilines is 2. The largest absolute Gasteiger partial charge is 0.397 e. The molecule has 2 heteroatoms. The molecule has 2 N–H and O–H groups in total. The summed E-state index contributed by atoms with van der Waals surface area (Å²) in [4.78, 5) is 2.33. The van der Waals surface area contributed by atoms with Crippen molar-refractivity contribution in [1.82, 2.24) is 0 Å². The number of nitrogens with zero attached hydrogens (tertiary/aromatic N) is 1. The highest BCUT2D eigenvalue weighted by molar-refractivity contribution is 5.68. The predicted octanol–water partition coefficient (Wildman–Crippen LogP) is 3.06. The van der Waals surface area contributed by atoms with E-state index in [0.29, 0.717) is 5.92 Å². The van der Waals surface area contributed by atoms with Crippen molar-refractivity contribution in [3.63, 3.8) is 0 Å². The Morgan fingerprint density at radius 3 is 2.47 bits per heavy atom. The van der Waals surface area contributed by atoms with Crippen LogP contribution in [0.5, 0.6) is 0 Å².